The average molecular weight is 289 g/mol. The molecule has 0 radical (unpaired) electrons. The van der Waals surface area contributed by atoms with Gasteiger partial charge in [-0.2, -0.15) is 0 Å². The highest BCUT2D eigenvalue weighted by Gasteiger charge is 2.13. The van der Waals surface area contributed by atoms with E-state index in [1.54, 1.807) is 6.07 Å². The second-order valence-electron chi connectivity index (χ2n) is 4.57. The first-order valence-electron chi connectivity index (χ1n) is 6.57. The number of hydrogen-bond donors (Lipinski definition) is 0. The summed E-state index contributed by atoms with van der Waals surface area (Å²) < 4.78 is 0. The highest BCUT2D eigenvalue weighted by atomic mass is 35.5. The molecule has 2 rings (SSSR count). The maximum atomic E-state index is 11.2. The first-order chi connectivity index (χ1) is 9.65. The molecule has 0 fully saturated rings. The van der Waals surface area contributed by atoms with Gasteiger partial charge in [0.25, 0.3) is 0 Å². The lowest BCUT2D eigenvalue weighted by molar-refractivity contribution is 0.112. The lowest BCUT2D eigenvalue weighted by atomic mass is 10.1. The normalized spacial score (nSPS) is 10.3. The number of aldehydes is 1. The van der Waals surface area contributed by atoms with E-state index in [0.717, 1.165) is 29.9 Å². The van der Waals surface area contributed by atoms with Crippen LogP contribution >= 0.6 is 11.6 Å². The van der Waals surface area contributed by atoms with Crippen molar-refractivity contribution >= 4 is 23.6 Å². The van der Waals surface area contributed by atoms with Crippen LogP contribution in [0.5, 0.6) is 0 Å². The number of hydrogen-bond acceptors (Lipinski definition) is 3. The van der Waals surface area contributed by atoms with Gasteiger partial charge in [0.05, 0.1) is 22.8 Å². The topological polar surface area (TPSA) is 33.2 Å². The summed E-state index contributed by atoms with van der Waals surface area (Å²) in [7, 11) is 0. The fourth-order valence-electron chi connectivity index (χ4n) is 2.17. The van der Waals surface area contributed by atoms with E-state index in [-0.39, 0.29) is 0 Å². The molecule has 0 amide bonds. The third-order valence-corrected chi connectivity index (χ3v) is 3.50. The fourth-order valence-corrected chi connectivity index (χ4v) is 2.38. The van der Waals surface area contributed by atoms with E-state index in [0.29, 0.717) is 17.1 Å². The smallest absolute Gasteiger partial charge is 0.153 e. The van der Waals surface area contributed by atoms with Crippen LogP contribution in [0.4, 0.5) is 5.69 Å². The number of pyridine rings is 1. The molecule has 0 aliphatic carbocycles. The van der Waals surface area contributed by atoms with Crippen molar-refractivity contribution in [2.45, 2.75) is 20.4 Å². The Hall–Kier alpha value is -1.87. The van der Waals surface area contributed by atoms with Gasteiger partial charge in [-0.3, -0.25) is 9.78 Å². The number of carbonyl (C=O) groups is 1. The van der Waals surface area contributed by atoms with E-state index in [9.17, 15) is 4.79 Å². The van der Waals surface area contributed by atoms with Crippen LogP contribution in [-0.4, -0.2) is 17.8 Å². The van der Waals surface area contributed by atoms with Crippen molar-refractivity contribution in [2.75, 3.05) is 11.4 Å². The van der Waals surface area contributed by atoms with Gasteiger partial charge in [0.2, 0.25) is 0 Å². The summed E-state index contributed by atoms with van der Waals surface area (Å²) in [6.45, 7) is 5.44. The Labute approximate surface area is 124 Å². The molecule has 0 saturated heterocycles. The van der Waals surface area contributed by atoms with Crippen molar-refractivity contribution in [3.8, 4) is 0 Å². The van der Waals surface area contributed by atoms with Gasteiger partial charge in [-0.05, 0) is 38.1 Å². The molecule has 0 aliphatic heterocycles. The first kappa shape index (κ1) is 14.5. The van der Waals surface area contributed by atoms with Crippen LogP contribution in [0.2, 0.25) is 5.02 Å². The van der Waals surface area contributed by atoms with Gasteiger partial charge in [-0.25, -0.2) is 0 Å². The molecule has 1 aromatic carbocycles. The number of anilines is 1. The van der Waals surface area contributed by atoms with E-state index >= 15 is 0 Å². The quantitative estimate of drug-likeness (QED) is 0.783. The molecule has 0 N–H and O–H groups in total. The highest BCUT2D eigenvalue weighted by Crippen LogP contribution is 2.26. The minimum atomic E-state index is 0.480. The van der Waals surface area contributed by atoms with E-state index < -0.39 is 0 Å². The van der Waals surface area contributed by atoms with Crippen molar-refractivity contribution in [1.29, 1.82) is 0 Å². The molecule has 0 unspecified atom stereocenters. The van der Waals surface area contributed by atoms with E-state index in [1.165, 1.54) is 0 Å². The van der Waals surface area contributed by atoms with Crippen LogP contribution in [0.3, 0.4) is 0 Å². The van der Waals surface area contributed by atoms with Crippen LogP contribution in [0.15, 0.2) is 36.4 Å². The van der Waals surface area contributed by atoms with E-state index in [4.69, 9.17) is 11.6 Å². The molecule has 1 aromatic heterocycles. The zero-order valence-electron chi connectivity index (χ0n) is 11.6. The molecule has 1 heterocycles. The molecule has 0 saturated carbocycles. The van der Waals surface area contributed by atoms with Gasteiger partial charge in [-0.15, -0.1) is 0 Å². The fraction of sp³-hybridized carbons (Fsp3) is 0.250. The lowest BCUT2D eigenvalue weighted by Crippen LogP contribution is -2.24. The summed E-state index contributed by atoms with van der Waals surface area (Å²) in [4.78, 5) is 17.8. The molecular formula is C16H17ClN2O. The van der Waals surface area contributed by atoms with E-state index in [2.05, 4.69) is 9.88 Å². The Morgan fingerprint density at radius 1 is 1.25 bits per heavy atom. The maximum absolute atomic E-state index is 11.2. The number of aryl methyl sites for hydroxylation is 1. The molecule has 4 heteroatoms. The van der Waals surface area contributed by atoms with Gasteiger partial charge in [0, 0.05) is 17.9 Å². The van der Waals surface area contributed by atoms with Crippen LogP contribution in [-0.2, 0) is 6.54 Å². The molecule has 0 bridgehead atoms. The molecular weight excluding hydrogens is 272 g/mol. The number of halogens is 1. The molecule has 20 heavy (non-hydrogen) atoms. The van der Waals surface area contributed by atoms with Crippen molar-refractivity contribution in [1.82, 2.24) is 4.98 Å². The SMILES string of the molecule is CCN(Cc1cccc(C)n1)c1cccc(Cl)c1C=O. The van der Waals surface area contributed by atoms with Gasteiger partial charge in [-0.1, -0.05) is 23.7 Å². The molecule has 0 atom stereocenters. The van der Waals surface area contributed by atoms with Gasteiger partial charge < -0.3 is 4.90 Å². The number of aromatic nitrogens is 1. The van der Waals surface area contributed by atoms with Crippen LogP contribution in [0, 0.1) is 6.92 Å². The monoisotopic (exact) mass is 288 g/mol. The van der Waals surface area contributed by atoms with E-state index in [1.807, 2.05) is 44.2 Å². The second kappa shape index (κ2) is 6.53. The number of carbonyl (C=O) groups excluding carboxylic acids is 1. The molecule has 3 nitrogen and oxygen atoms in total. The molecule has 0 aliphatic rings. The Morgan fingerprint density at radius 2 is 2.00 bits per heavy atom. The Morgan fingerprint density at radius 3 is 2.65 bits per heavy atom. The Balaban J connectivity index is 2.33. The highest BCUT2D eigenvalue weighted by molar-refractivity contribution is 6.33. The first-order valence-corrected chi connectivity index (χ1v) is 6.94. The minimum absolute atomic E-state index is 0.480. The average Bonchev–Trinajstić information content (AvgIpc) is 2.44. The van der Waals surface area contributed by atoms with Crippen molar-refractivity contribution in [2.24, 2.45) is 0 Å². The van der Waals surface area contributed by atoms with Crippen molar-refractivity contribution in [3.63, 3.8) is 0 Å². The van der Waals surface area contributed by atoms with Gasteiger partial charge in [0.1, 0.15) is 0 Å². The Bertz CT molecular complexity index is 613. The summed E-state index contributed by atoms with van der Waals surface area (Å²) in [5.74, 6) is 0. The van der Waals surface area contributed by atoms with Crippen molar-refractivity contribution < 1.29 is 4.79 Å². The summed E-state index contributed by atoms with van der Waals surface area (Å²) in [6.07, 6.45) is 0.810. The molecule has 0 spiro atoms. The maximum Gasteiger partial charge on any atom is 0.153 e. The van der Waals surface area contributed by atoms with Gasteiger partial charge in [0.15, 0.2) is 6.29 Å². The summed E-state index contributed by atoms with van der Waals surface area (Å²) in [6, 6.07) is 11.4. The third kappa shape index (κ3) is 3.17. The van der Waals surface area contributed by atoms with Crippen molar-refractivity contribution in [3.05, 3.63) is 58.4 Å². The summed E-state index contributed by atoms with van der Waals surface area (Å²) in [5, 5.41) is 0.480. The van der Waals surface area contributed by atoms with Crippen LogP contribution in [0.25, 0.3) is 0 Å². The predicted molar refractivity (Wildman–Crippen MR) is 82.5 cm³/mol. The molecule has 104 valence electrons. The largest absolute Gasteiger partial charge is 0.365 e. The summed E-state index contributed by atoms with van der Waals surface area (Å²) >= 11 is 6.09. The zero-order valence-corrected chi connectivity index (χ0v) is 12.4. The number of rotatable bonds is 5. The van der Waals surface area contributed by atoms with Crippen LogP contribution in [0.1, 0.15) is 28.7 Å². The lowest BCUT2D eigenvalue weighted by Gasteiger charge is -2.24. The molecule has 2 aromatic rings. The number of benzene rings is 1. The number of nitrogens with zero attached hydrogens (tertiary/aromatic N) is 2. The minimum Gasteiger partial charge on any atom is -0.365 e. The standard InChI is InChI=1S/C16H17ClN2O/c1-3-19(10-13-7-4-6-12(2)18-13)16-9-5-8-15(17)14(16)11-20/h4-9,11H,3,10H2,1-2H3. The third-order valence-electron chi connectivity index (χ3n) is 3.17. The zero-order chi connectivity index (χ0) is 14.5. The van der Waals surface area contributed by atoms with Gasteiger partial charge >= 0.3 is 0 Å². The predicted octanol–water partition coefficient (Wildman–Crippen LogP) is 3.88. The Kier molecular flexibility index (Phi) is 4.74. The van der Waals surface area contributed by atoms with Crippen LogP contribution < -0.4 is 4.90 Å². The summed E-state index contributed by atoms with van der Waals surface area (Å²) in [5.41, 5.74) is 3.34. The second-order valence-corrected chi connectivity index (χ2v) is 4.98.